The summed E-state index contributed by atoms with van der Waals surface area (Å²) >= 11 is 1.38. The molecular formula is C24H19N3O3S. The summed E-state index contributed by atoms with van der Waals surface area (Å²) in [5.41, 5.74) is 3.10. The van der Waals surface area contributed by atoms with Crippen molar-refractivity contribution in [3.05, 3.63) is 95.5 Å². The molecule has 0 saturated heterocycles. The second-order valence-electron chi connectivity index (χ2n) is 6.94. The maximum atomic E-state index is 13.4. The van der Waals surface area contributed by atoms with E-state index < -0.39 is 0 Å². The average molecular weight is 430 g/mol. The number of carbonyl (C=O) groups excluding carboxylic acids is 1. The summed E-state index contributed by atoms with van der Waals surface area (Å²) in [5.74, 6) is 1.26. The van der Waals surface area contributed by atoms with Gasteiger partial charge in [0.05, 0.1) is 6.54 Å². The van der Waals surface area contributed by atoms with Gasteiger partial charge in [0.1, 0.15) is 5.69 Å². The van der Waals surface area contributed by atoms with E-state index >= 15 is 0 Å². The zero-order valence-electron chi connectivity index (χ0n) is 16.5. The minimum absolute atomic E-state index is 0.148. The molecule has 2 heterocycles. The topological polar surface area (TPSA) is 63.7 Å². The van der Waals surface area contributed by atoms with Crippen molar-refractivity contribution >= 4 is 33.8 Å². The predicted octanol–water partition coefficient (Wildman–Crippen LogP) is 5.46. The molecule has 4 aromatic rings. The van der Waals surface area contributed by atoms with Gasteiger partial charge in [0.15, 0.2) is 16.6 Å². The molecule has 1 N–H and O–H groups in total. The van der Waals surface area contributed by atoms with Crippen LogP contribution < -0.4 is 19.7 Å². The Labute approximate surface area is 183 Å². The van der Waals surface area contributed by atoms with Crippen LogP contribution in [0.2, 0.25) is 0 Å². The lowest BCUT2D eigenvalue weighted by Gasteiger charge is -2.22. The fourth-order valence-corrected chi connectivity index (χ4v) is 4.02. The highest BCUT2D eigenvalue weighted by molar-refractivity contribution is 7.14. The number of benzene rings is 3. The Hall–Kier alpha value is -3.84. The first kappa shape index (κ1) is 19.1. The van der Waals surface area contributed by atoms with Crippen molar-refractivity contribution in [3.8, 4) is 11.5 Å². The first-order valence-corrected chi connectivity index (χ1v) is 10.7. The molecule has 1 aliphatic heterocycles. The fraction of sp³-hybridized carbons (Fsp3) is 0.0833. The summed E-state index contributed by atoms with van der Waals surface area (Å²) in [6, 6.07) is 25.2. The van der Waals surface area contributed by atoms with Gasteiger partial charge >= 0.3 is 0 Å². The molecule has 31 heavy (non-hydrogen) atoms. The number of fused-ring (bicyclic) bond motifs is 1. The Balaban J connectivity index is 1.38. The van der Waals surface area contributed by atoms with Crippen LogP contribution in [0, 0.1) is 0 Å². The number of ether oxygens (including phenoxy) is 2. The molecule has 0 bridgehead atoms. The third kappa shape index (κ3) is 4.22. The van der Waals surface area contributed by atoms with E-state index in [-0.39, 0.29) is 12.7 Å². The Morgan fingerprint density at radius 2 is 1.71 bits per heavy atom. The third-order valence-corrected chi connectivity index (χ3v) is 5.60. The molecule has 0 unspecified atom stereocenters. The predicted molar refractivity (Wildman–Crippen MR) is 121 cm³/mol. The first-order chi connectivity index (χ1) is 15.3. The molecular weight excluding hydrogens is 410 g/mol. The van der Waals surface area contributed by atoms with Crippen LogP contribution in [0.25, 0.3) is 0 Å². The van der Waals surface area contributed by atoms with Gasteiger partial charge in [0, 0.05) is 22.8 Å². The van der Waals surface area contributed by atoms with Crippen LogP contribution in [0.4, 0.5) is 16.5 Å². The normalized spacial score (nSPS) is 11.9. The summed E-state index contributed by atoms with van der Waals surface area (Å²) in [4.78, 5) is 19.7. The number of amides is 1. The second kappa shape index (κ2) is 8.49. The van der Waals surface area contributed by atoms with Gasteiger partial charge in [0.2, 0.25) is 6.79 Å². The van der Waals surface area contributed by atoms with Crippen LogP contribution in [-0.4, -0.2) is 17.7 Å². The van der Waals surface area contributed by atoms with E-state index in [0.717, 1.165) is 22.7 Å². The quantitative estimate of drug-likeness (QED) is 0.441. The smallest absolute Gasteiger partial charge is 0.278 e. The molecule has 3 aromatic carbocycles. The molecule has 0 spiro atoms. The molecule has 0 aliphatic carbocycles. The Bertz CT molecular complexity index is 1200. The largest absolute Gasteiger partial charge is 0.454 e. The van der Waals surface area contributed by atoms with E-state index in [1.165, 1.54) is 11.3 Å². The number of anilines is 3. The van der Waals surface area contributed by atoms with E-state index in [1.807, 2.05) is 78.9 Å². The van der Waals surface area contributed by atoms with Crippen molar-refractivity contribution in [1.82, 2.24) is 4.98 Å². The zero-order valence-corrected chi connectivity index (χ0v) is 17.3. The molecule has 5 rings (SSSR count). The van der Waals surface area contributed by atoms with Gasteiger partial charge in [0.25, 0.3) is 5.91 Å². The summed E-state index contributed by atoms with van der Waals surface area (Å²) < 4.78 is 10.8. The second-order valence-corrected chi connectivity index (χ2v) is 7.80. The minimum atomic E-state index is -0.148. The number of carbonyl (C=O) groups is 1. The van der Waals surface area contributed by atoms with Gasteiger partial charge in [-0.3, -0.25) is 4.79 Å². The van der Waals surface area contributed by atoms with Crippen LogP contribution in [-0.2, 0) is 6.54 Å². The van der Waals surface area contributed by atoms with E-state index in [9.17, 15) is 4.79 Å². The van der Waals surface area contributed by atoms with Gasteiger partial charge in [-0.25, -0.2) is 4.98 Å². The number of nitrogens with zero attached hydrogens (tertiary/aromatic N) is 2. The van der Waals surface area contributed by atoms with Crippen molar-refractivity contribution in [2.24, 2.45) is 0 Å². The van der Waals surface area contributed by atoms with Gasteiger partial charge in [-0.05, 0) is 29.8 Å². The lowest BCUT2D eigenvalue weighted by atomic mass is 10.2. The summed E-state index contributed by atoms with van der Waals surface area (Å²) in [6.07, 6.45) is 0. The minimum Gasteiger partial charge on any atom is -0.454 e. The van der Waals surface area contributed by atoms with Crippen molar-refractivity contribution in [2.45, 2.75) is 6.54 Å². The van der Waals surface area contributed by atoms with Crippen LogP contribution in [0.5, 0.6) is 11.5 Å². The van der Waals surface area contributed by atoms with Crippen LogP contribution in [0.1, 0.15) is 16.1 Å². The van der Waals surface area contributed by atoms with Crippen molar-refractivity contribution < 1.29 is 14.3 Å². The molecule has 1 aromatic heterocycles. The van der Waals surface area contributed by atoms with Crippen molar-refractivity contribution in [3.63, 3.8) is 0 Å². The van der Waals surface area contributed by atoms with Gasteiger partial charge in [-0.15, -0.1) is 11.3 Å². The number of aromatic nitrogens is 1. The van der Waals surface area contributed by atoms with Crippen molar-refractivity contribution in [2.75, 3.05) is 17.0 Å². The molecule has 154 valence electrons. The van der Waals surface area contributed by atoms with E-state index in [2.05, 4.69) is 10.3 Å². The van der Waals surface area contributed by atoms with Crippen LogP contribution >= 0.6 is 11.3 Å². The Kier molecular flexibility index (Phi) is 5.24. The Morgan fingerprint density at radius 1 is 0.968 bits per heavy atom. The molecule has 0 atom stereocenters. The number of hydrogen-bond acceptors (Lipinski definition) is 6. The number of hydrogen-bond donors (Lipinski definition) is 1. The summed E-state index contributed by atoms with van der Waals surface area (Å²) in [6.45, 7) is 0.692. The SMILES string of the molecule is O=C(c1csc(Nc2ccc3c(c2)OCO3)n1)N(Cc1ccccc1)c1ccccc1. The number of rotatable bonds is 6. The molecule has 1 amide bonds. The molecule has 0 saturated carbocycles. The maximum Gasteiger partial charge on any atom is 0.278 e. The number of thiazole rings is 1. The monoisotopic (exact) mass is 429 g/mol. The number of nitrogens with one attached hydrogen (secondary N) is 1. The third-order valence-electron chi connectivity index (χ3n) is 4.84. The summed E-state index contributed by atoms with van der Waals surface area (Å²) in [7, 11) is 0. The highest BCUT2D eigenvalue weighted by Crippen LogP contribution is 2.35. The summed E-state index contributed by atoms with van der Waals surface area (Å²) in [5, 5.41) is 5.65. The first-order valence-electron chi connectivity index (χ1n) is 9.79. The molecule has 1 aliphatic rings. The Morgan fingerprint density at radius 3 is 2.52 bits per heavy atom. The van der Waals surface area contributed by atoms with E-state index in [1.54, 1.807) is 10.3 Å². The maximum absolute atomic E-state index is 13.4. The van der Waals surface area contributed by atoms with Crippen LogP contribution in [0.15, 0.2) is 84.2 Å². The highest BCUT2D eigenvalue weighted by Gasteiger charge is 2.21. The fourth-order valence-electron chi connectivity index (χ4n) is 3.32. The molecule has 0 fully saturated rings. The van der Waals surface area contributed by atoms with E-state index in [4.69, 9.17) is 9.47 Å². The molecule has 0 radical (unpaired) electrons. The highest BCUT2D eigenvalue weighted by atomic mass is 32.1. The zero-order chi connectivity index (χ0) is 21.0. The van der Waals surface area contributed by atoms with Crippen LogP contribution in [0.3, 0.4) is 0 Å². The van der Waals surface area contributed by atoms with Gasteiger partial charge in [-0.2, -0.15) is 0 Å². The van der Waals surface area contributed by atoms with Gasteiger partial charge < -0.3 is 19.7 Å². The lowest BCUT2D eigenvalue weighted by Crippen LogP contribution is -2.30. The number of para-hydroxylation sites is 1. The average Bonchev–Trinajstić information content (AvgIpc) is 3.48. The molecule has 6 nitrogen and oxygen atoms in total. The van der Waals surface area contributed by atoms with E-state index in [0.29, 0.717) is 23.1 Å². The standard InChI is InChI=1S/C24H19N3O3S/c28-23(27(19-9-5-2-6-10-19)14-17-7-3-1-4-8-17)20-15-31-24(26-20)25-18-11-12-21-22(13-18)30-16-29-21/h1-13,15H,14,16H2,(H,25,26). The lowest BCUT2D eigenvalue weighted by molar-refractivity contribution is 0.0981. The van der Waals surface area contributed by atoms with Gasteiger partial charge in [-0.1, -0.05) is 48.5 Å². The molecule has 7 heteroatoms. The van der Waals surface area contributed by atoms with Crippen molar-refractivity contribution in [1.29, 1.82) is 0 Å².